The van der Waals surface area contributed by atoms with Gasteiger partial charge < -0.3 is 20.4 Å². The number of hydrogen-bond acceptors (Lipinski definition) is 7. The Hall–Kier alpha value is -3.68. The third-order valence-corrected chi connectivity index (χ3v) is 4.34. The molecule has 0 aliphatic rings. The molecule has 3 N–H and O–H groups in total. The van der Waals surface area contributed by atoms with Crippen molar-refractivity contribution in [2.45, 2.75) is 19.9 Å². The van der Waals surface area contributed by atoms with Gasteiger partial charge in [-0.05, 0) is 38.1 Å². The molecule has 0 fully saturated rings. The molecule has 0 saturated heterocycles. The lowest BCUT2D eigenvalue weighted by atomic mass is 10.2. The van der Waals surface area contributed by atoms with Crippen LogP contribution >= 0.6 is 0 Å². The minimum absolute atomic E-state index is 0.142. The van der Waals surface area contributed by atoms with E-state index in [-0.39, 0.29) is 6.04 Å². The van der Waals surface area contributed by atoms with Gasteiger partial charge in [0.15, 0.2) is 5.65 Å². The van der Waals surface area contributed by atoms with Gasteiger partial charge in [-0.25, -0.2) is 15.0 Å². The molecule has 1 aromatic carbocycles. The summed E-state index contributed by atoms with van der Waals surface area (Å²) in [6.45, 7) is 4.18. The summed E-state index contributed by atoms with van der Waals surface area (Å²) < 4.78 is 7.46. The Bertz CT molecular complexity index is 1140. The average molecular weight is 375 g/mol. The van der Waals surface area contributed by atoms with Gasteiger partial charge in [0.25, 0.3) is 0 Å². The number of anilines is 3. The summed E-state index contributed by atoms with van der Waals surface area (Å²) in [5.41, 5.74) is 8.99. The van der Waals surface area contributed by atoms with Crippen molar-refractivity contribution in [3.8, 4) is 17.1 Å². The molecule has 0 saturated carbocycles. The number of rotatable bonds is 5. The zero-order valence-electron chi connectivity index (χ0n) is 15.9. The van der Waals surface area contributed by atoms with Crippen LogP contribution in [0.1, 0.15) is 19.9 Å². The Labute approximate surface area is 162 Å². The first-order chi connectivity index (χ1) is 13.6. The van der Waals surface area contributed by atoms with Crippen molar-refractivity contribution in [2.75, 3.05) is 18.2 Å². The SMILES string of the molecule is COc1ccccc1Nc1ncc2nc(-c3ccnc(N)c3)n(C(C)C)c2n1. The molecule has 28 heavy (non-hydrogen) atoms. The summed E-state index contributed by atoms with van der Waals surface area (Å²) >= 11 is 0. The predicted octanol–water partition coefficient (Wildman–Crippen LogP) is 3.80. The van der Waals surface area contributed by atoms with E-state index in [2.05, 4.69) is 33.7 Å². The maximum Gasteiger partial charge on any atom is 0.229 e. The Morgan fingerprint density at radius 2 is 1.93 bits per heavy atom. The molecule has 0 atom stereocenters. The van der Waals surface area contributed by atoms with Gasteiger partial charge in [-0.15, -0.1) is 0 Å². The van der Waals surface area contributed by atoms with Crippen LogP contribution in [0, 0.1) is 0 Å². The number of pyridine rings is 1. The topological polar surface area (TPSA) is 104 Å². The first-order valence-corrected chi connectivity index (χ1v) is 8.93. The van der Waals surface area contributed by atoms with Gasteiger partial charge in [0.05, 0.1) is 19.0 Å². The Kier molecular flexibility index (Phi) is 4.52. The standard InChI is InChI=1S/C20H21N7O/c1-12(2)27-18(13-8-9-22-17(21)10-13)24-15-11-23-20(26-19(15)27)25-14-6-4-5-7-16(14)28-3/h4-12H,1-3H3,(H2,21,22)(H,23,25,26). The largest absolute Gasteiger partial charge is 0.495 e. The van der Waals surface area contributed by atoms with E-state index in [4.69, 9.17) is 20.4 Å². The predicted molar refractivity (Wildman–Crippen MR) is 110 cm³/mol. The molecule has 3 aromatic heterocycles. The van der Waals surface area contributed by atoms with Crippen LogP contribution in [0.15, 0.2) is 48.8 Å². The summed E-state index contributed by atoms with van der Waals surface area (Å²) in [7, 11) is 1.63. The molecule has 0 aliphatic carbocycles. The number of methoxy groups -OCH3 is 1. The number of imidazole rings is 1. The van der Waals surface area contributed by atoms with Crippen molar-refractivity contribution in [1.29, 1.82) is 0 Å². The lowest BCUT2D eigenvalue weighted by Crippen LogP contribution is -2.06. The van der Waals surface area contributed by atoms with E-state index in [0.717, 1.165) is 28.5 Å². The van der Waals surface area contributed by atoms with Crippen molar-refractivity contribution < 1.29 is 4.74 Å². The van der Waals surface area contributed by atoms with E-state index < -0.39 is 0 Å². The molecule has 8 heteroatoms. The van der Waals surface area contributed by atoms with Crippen LogP contribution in [0.25, 0.3) is 22.6 Å². The highest BCUT2D eigenvalue weighted by Gasteiger charge is 2.18. The second-order valence-corrected chi connectivity index (χ2v) is 6.60. The molecular formula is C20H21N7O. The van der Waals surface area contributed by atoms with Gasteiger partial charge in [0.2, 0.25) is 5.95 Å². The van der Waals surface area contributed by atoms with Gasteiger partial charge in [-0.1, -0.05) is 12.1 Å². The molecule has 0 aliphatic heterocycles. The van der Waals surface area contributed by atoms with Crippen LogP contribution in [0.4, 0.5) is 17.5 Å². The number of nitrogens with zero attached hydrogens (tertiary/aromatic N) is 5. The highest BCUT2D eigenvalue weighted by molar-refractivity contribution is 5.78. The van der Waals surface area contributed by atoms with E-state index >= 15 is 0 Å². The summed E-state index contributed by atoms with van der Waals surface area (Å²) in [5, 5.41) is 3.22. The molecule has 0 bridgehead atoms. The number of ether oxygens (including phenoxy) is 1. The summed E-state index contributed by atoms with van der Waals surface area (Å²) in [6, 6.07) is 11.5. The van der Waals surface area contributed by atoms with Crippen molar-refractivity contribution in [3.05, 3.63) is 48.8 Å². The molecule has 4 aromatic rings. The Balaban J connectivity index is 1.82. The Morgan fingerprint density at radius 1 is 1.11 bits per heavy atom. The number of nitrogens with two attached hydrogens (primary N) is 1. The normalized spacial score (nSPS) is 11.1. The van der Waals surface area contributed by atoms with Gasteiger partial charge in [0, 0.05) is 17.8 Å². The summed E-state index contributed by atoms with van der Waals surface area (Å²) in [4.78, 5) is 17.9. The molecule has 8 nitrogen and oxygen atoms in total. The summed E-state index contributed by atoms with van der Waals surface area (Å²) in [5.74, 6) is 2.42. The third-order valence-electron chi connectivity index (χ3n) is 4.34. The molecule has 0 unspecified atom stereocenters. The zero-order chi connectivity index (χ0) is 19.7. The van der Waals surface area contributed by atoms with Crippen LogP contribution in [0.3, 0.4) is 0 Å². The molecule has 142 valence electrons. The minimum Gasteiger partial charge on any atom is -0.495 e. The Morgan fingerprint density at radius 3 is 2.68 bits per heavy atom. The highest BCUT2D eigenvalue weighted by Crippen LogP contribution is 2.30. The number of nitrogen functional groups attached to an aromatic ring is 1. The lowest BCUT2D eigenvalue weighted by molar-refractivity contribution is 0.417. The van der Waals surface area contributed by atoms with Crippen molar-refractivity contribution >= 4 is 28.6 Å². The number of nitrogens with one attached hydrogen (secondary N) is 1. The molecular weight excluding hydrogens is 354 g/mol. The number of hydrogen-bond donors (Lipinski definition) is 2. The van der Waals surface area contributed by atoms with E-state index in [0.29, 0.717) is 17.3 Å². The second kappa shape index (κ2) is 7.15. The van der Waals surface area contributed by atoms with E-state index in [9.17, 15) is 0 Å². The van der Waals surface area contributed by atoms with Gasteiger partial charge in [-0.2, -0.15) is 4.98 Å². The van der Waals surface area contributed by atoms with Crippen LogP contribution in [0.5, 0.6) is 5.75 Å². The number of aromatic nitrogens is 5. The maximum atomic E-state index is 5.86. The fourth-order valence-electron chi connectivity index (χ4n) is 3.10. The van der Waals surface area contributed by atoms with E-state index in [1.54, 1.807) is 19.5 Å². The van der Waals surface area contributed by atoms with Gasteiger partial charge in [0.1, 0.15) is 22.9 Å². The maximum absolute atomic E-state index is 5.86. The number of para-hydroxylation sites is 2. The first kappa shape index (κ1) is 17.7. The van der Waals surface area contributed by atoms with Crippen LogP contribution in [0.2, 0.25) is 0 Å². The third kappa shape index (κ3) is 3.20. The van der Waals surface area contributed by atoms with Crippen molar-refractivity contribution in [1.82, 2.24) is 24.5 Å². The molecule has 0 spiro atoms. The first-order valence-electron chi connectivity index (χ1n) is 8.93. The smallest absolute Gasteiger partial charge is 0.229 e. The van der Waals surface area contributed by atoms with Gasteiger partial charge in [-0.3, -0.25) is 0 Å². The lowest BCUT2D eigenvalue weighted by Gasteiger charge is -2.13. The van der Waals surface area contributed by atoms with Crippen molar-refractivity contribution in [2.24, 2.45) is 0 Å². The minimum atomic E-state index is 0.142. The van der Waals surface area contributed by atoms with Crippen LogP contribution in [-0.2, 0) is 0 Å². The number of benzene rings is 1. The average Bonchev–Trinajstić information content (AvgIpc) is 3.07. The van der Waals surface area contributed by atoms with Gasteiger partial charge >= 0.3 is 0 Å². The monoisotopic (exact) mass is 375 g/mol. The quantitative estimate of drug-likeness (QED) is 0.547. The zero-order valence-corrected chi connectivity index (χ0v) is 15.9. The van der Waals surface area contributed by atoms with Crippen molar-refractivity contribution in [3.63, 3.8) is 0 Å². The molecule has 0 radical (unpaired) electrons. The summed E-state index contributed by atoms with van der Waals surface area (Å²) in [6.07, 6.45) is 3.39. The molecule has 0 amide bonds. The van der Waals surface area contributed by atoms with E-state index in [1.165, 1.54) is 0 Å². The second-order valence-electron chi connectivity index (χ2n) is 6.60. The van der Waals surface area contributed by atoms with Crippen LogP contribution in [-0.4, -0.2) is 31.6 Å². The van der Waals surface area contributed by atoms with Crippen LogP contribution < -0.4 is 15.8 Å². The molecule has 3 heterocycles. The molecule has 4 rings (SSSR count). The fourth-order valence-corrected chi connectivity index (χ4v) is 3.10. The van der Waals surface area contributed by atoms with E-state index in [1.807, 2.05) is 36.4 Å². The highest BCUT2D eigenvalue weighted by atomic mass is 16.5. The fraction of sp³-hybridized carbons (Fsp3) is 0.200. The number of fused-ring (bicyclic) bond motifs is 1.